The van der Waals surface area contributed by atoms with Crippen LogP contribution in [-0.2, 0) is 33.9 Å². The quantitative estimate of drug-likeness (QED) is 0.147. The summed E-state index contributed by atoms with van der Waals surface area (Å²) >= 11 is -2.66. The molecule has 0 aliphatic heterocycles. The molecule has 2 atom stereocenters. The standard InChI is InChI=1S/2C17H19N3O3S.Mg.2H/c2*1-10-8-18-15(11(2)16(10)23-4)9-24(21)17-19-13-6-5-12(22-3)7-14(13)20-17;;;/h2*5-8H,9H2,1-4H3,(H,19,20);;;. The van der Waals surface area contributed by atoms with Gasteiger partial charge in [-0.15, -0.1) is 0 Å². The van der Waals surface area contributed by atoms with Crippen molar-refractivity contribution in [2.75, 3.05) is 28.4 Å². The molecule has 12 nitrogen and oxygen atoms in total. The summed E-state index contributed by atoms with van der Waals surface area (Å²) in [6, 6.07) is 11.0. The molecule has 0 saturated carbocycles. The Hall–Kier alpha value is -3.73. The molecule has 49 heavy (non-hydrogen) atoms. The Labute approximate surface area is 307 Å². The molecule has 0 bridgehead atoms. The first kappa shape index (κ1) is 38.1. The Kier molecular flexibility index (Phi) is 13.0. The number of fused-ring (bicyclic) bond motifs is 2. The summed E-state index contributed by atoms with van der Waals surface area (Å²) in [5, 5.41) is 0.859. The van der Waals surface area contributed by atoms with Crippen LogP contribution < -0.4 is 18.9 Å². The molecule has 6 rings (SSSR count). The minimum Gasteiger partial charge on any atom is -0.609 e. The number of pyridine rings is 2. The number of imidazole rings is 2. The van der Waals surface area contributed by atoms with E-state index in [1.165, 1.54) is 0 Å². The summed E-state index contributed by atoms with van der Waals surface area (Å²) in [5.41, 5.74) is 8.32. The molecular formula is C34H40MgN6O6S2. The Balaban J connectivity index is 0.000000216. The average molecular weight is 717 g/mol. The summed E-state index contributed by atoms with van der Waals surface area (Å²) in [5.74, 6) is 3.55. The zero-order valence-corrected chi connectivity index (χ0v) is 29.7. The highest BCUT2D eigenvalue weighted by Gasteiger charge is 2.23. The molecule has 256 valence electrons. The van der Waals surface area contributed by atoms with Crippen molar-refractivity contribution in [1.29, 1.82) is 0 Å². The fourth-order valence-electron chi connectivity index (χ4n) is 5.21. The van der Waals surface area contributed by atoms with E-state index in [0.29, 0.717) is 21.8 Å². The van der Waals surface area contributed by atoms with E-state index in [9.17, 15) is 9.11 Å². The molecule has 15 heteroatoms. The molecule has 0 saturated heterocycles. The molecule has 0 fully saturated rings. The molecule has 2 N–H and O–H groups in total. The Morgan fingerprint density at radius 1 is 0.612 bits per heavy atom. The second-order valence-electron chi connectivity index (χ2n) is 10.9. The second-order valence-corrected chi connectivity index (χ2v) is 13.7. The van der Waals surface area contributed by atoms with E-state index >= 15 is 0 Å². The molecule has 4 aromatic heterocycles. The fraction of sp³-hybridized carbons (Fsp3) is 0.294. The molecule has 0 aliphatic rings. The third-order valence-corrected chi connectivity index (χ3v) is 10.1. The third kappa shape index (κ3) is 8.53. The minimum absolute atomic E-state index is 0. The number of aryl methyl sites for hydroxylation is 2. The predicted molar refractivity (Wildman–Crippen MR) is 195 cm³/mol. The maximum atomic E-state index is 12.7. The maximum Gasteiger partial charge on any atom is 0.322 e. The van der Waals surface area contributed by atoms with Crippen LogP contribution in [0.4, 0.5) is 0 Å². The van der Waals surface area contributed by atoms with E-state index in [4.69, 9.17) is 18.9 Å². The Bertz CT molecular complexity index is 1910. The third-order valence-electron chi connectivity index (χ3n) is 7.80. The summed E-state index contributed by atoms with van der Waals surface area (Å²) in [6.45, 7) is 7.72. The van der Waals surface area contributed by atoms with Gasteiger partial charge in [0.15, 0.2) is 11.5 Å². The summed E-state index contributed by atoms with van der Waals surface area (Å²) in [7, 11) is 6.46. The van der Waals surface area contributed by atoms with Crippen LogP contribution in [0, 0.1) is 27.7 Å². The molecule has 4 heterocycles. The summed E-state index contributed by atoms with van der Waals surface area (Å²) in [4.78, 5) is 23.8. The molecule has 0 amide bonds. The fourth-order valence-corrected chi connectivity index (χ4v) is 7.41. The van der Waals surface area contributed by atoms with E-state index in [-0.39, 0.29) is 34.6 Å². The average Bonchev–Trinajstić information content (AvgIpc) is 3.72. The van der Waals surface area contributed by atoms with Gasteiger partial charge in [-0.25, -0.2) is 0 Å². The number of nitrogens with zero attached hydrogens (tertiary/aromatic N) is 4. The van der Waals surface area contributed by atoms with Crippen molar-refractivity contribution in [1.82, 2.24) is 29.9 Å². The van der Waals surface area contributed by atoms with Crippen molar-refractivity contribution < 1.29 is 28.1 Å². The lowest BCUT2D eigenvalue weighted by molar-refractivity contribution is 0.407. The van der Waals surface area contributed by atoms with Crippen LogP contribution in [0.1, 0.15) is 33.6 Å². The van der Waals surface area contributed by atoms with Gasteiger partial charge < -0.3 is 28.1 Å². The van der Waals surface area contributed by atoms with E-state index in [2.05, 4.69) is 29.9 Å². The Morgan fingerprint density at radius 3 is 1.35 bits per heavy atom. The van der Waals surface area contributed by atoms with Crippen LogP contribution in [0.3, 0.4) is 0 Å². The molecule has 2 aromatic carbocycles. The first-order valence-electron chi connectivity index (χ1n) is 14.9. The molecular weight excluding hydrogens is 677 g/mol. The van der Waals surface area contributed by atoms with Crippen LogP contribution in [0.25, 0.3) is 22.1 Å². The first-order chi connectivity index (χ1) is 23.1. The SMILES string of the molecule is COc1ccc2[nH]c([S+]([O-])Cc3ncc(C)c(OC)c3C)nc2c1.COc1ccc2[nH]c([S+]([O-])Cc3ncc(C)c(OC)c3C)nc2c1.[MgH2]. The van der Waals surface area contributed by atoms with Crippen molar-refractivity contribution in [2.45, 2.75) is 49.5 Å². The molecule has 0 aliphatic carbocycles. The van der Waals surface area contributed by atoms with Crippen LogP contribution >= 0.6 is 0 Å². The van der Waals surface area contributed by atoms with Gasteiger partial charge in [0.05, 0.1) is 61.9 Å². The number of rotatable bonds is 10. The van der Waals surface area contributed by atoms with E-state index in [1.54, 1.807) is 40.8 Å². The summed E-state index contributed by atoms with van der Waals surface area (Å²) < 4.78 is 46.5. The molecule has 0 spiro atoms. The second kappa shape index (κ2) is 16.8. The normalized spacial score (nSPS) is 12.1. The number of aromatic nitrogens is 6. The van der Waals surface area contributed by atoms with E-state index in [0.717, 1.165) is 67.2 Å². The number of hydrogen-bond donors (Lipinski definition) is 2. The van der Waals surface area contributed by atoms with Crippen LogP contribution in [-0.4, -0.2) is 90.5 Å². The highest BCUT2D eigenvalue weighted by atomic mass is 32.2. The minimum atomic E-state index is -1.33. The molecule has 2 unspecified atom stereocenters. The van der Waals surface area contributed by atoms with Gasteiger partial charge in [-0.05, 0) is 52.0 Å². The smallest absolute Gasteiger partial charge is 0.322 e. The topological polar surface area (TPSA) is 166 Å². The Morgan fingerprint density at radius 2 is 1.00 bits per heavy atom. The van der Waals surface area contributed by atoms with Gasteiger partial charge in [0, 0.05) is 69.1 Å². The van der Waals surface area contributed by atoms with Crippen molar-refractivity contribution in [3.63, 3.8) is 0 Å². The number of methoxy groups -OCH3 is 4. The van der Waals surface area contributed by atoms with Gasteiger partial charge >= 0.3 is 33.4 Å². The lowest BCUT2D eigenvalue weighted by Gasteiger charge is -2.13. The number of aromatic amines is 2. The maximum absolute atomic E-state index is 12.7. The van der Waals surface area contributed by atoms with Crippen LogP contribution in [0.5, 0.6) is 23.0 Å². The largest absolute Gasteiger partial charge is 0.609 e. The van der Waals surface area contributed by atoms with Crippen molar-refractivity contribution in [3.05, 3.63) is 82.4 Å². The predicted octanol–water partition coefficient (Wildman–Crippen LogP) is 4.88. The van der Waals surface area contributed by atoms with Crippen molar-refractivity contribution >= 4 is 67.5 Å². The monoisotopic (exact) mass is 716 g/mol. The van der Waals surface area contributed by atoms with E-state index in [1.807, 2.05) is 64.1 Å². The molecule has 6 aromatic rings. The van der Waals surface area contributed by atoms with Gasteiger partial charge in [-0.2, -0.15) is 9.97 Å². The van der Waals surface area contributed by atoms with Crippen LogP contribution in [0.15, 0.2) is 59.1 Å². The van der Waals surface area contributed by atoms with Gasteiger partial charge in [0.25, 0.3) is 0 Å². The number of benzene rings is 2. The lowest BCUT2D eigenvalue weighted by Crippen LogP contribution is -2.10. The van der Waals surface area contributed by atoms with Gasteiger partial charge in [-0.3, -0.25) is 19.9 Å². The van der Waals surface area contributed by atoms with Gasteiger partial charge in [0.2, 0.25) is 0 Å². The zero-order valence-electron chi connectivity index (χ0n) is 28.1. The highest BCUT2D eigenvalue weighted by Crippen LogP contribution is 2.29. The van der Waals surface area contributed by atoms with Gasteiger partial charge in [0.1, 0.15) is 23.0 Å². The molecule has 0 radical (unpaired) electrons. The highest BCUT2D eigenvalue weighted by molar-refractivity contribution is 7.90. The number of ether oxygens (including phenoxy) is 4. The van der Waals surface area contributed by atoms with Gasteiger partial charge in [-0.1, -0.05) is 0 Å². The van der Waals surface area contributed by atoms with Crippen molar-refractivity contribution in [3.8, 4) is 23.0 Å². The first-order valence-corrected chi connectivity index (χ1v) is 17.5. The summed E-state index contributed by atoms with van der Waals surface area (Å²) in [6.07, 6.45) is 3.48. The number of nitrogens with one attached hydrogen (secondary N) is 2. The lowest BCUT2D eigenvalue weighted by atomic mass is 10.1. The number of hydrogen-bond acceptors (Lipinski definition) is 10. The van der Waals surface area contributed by atoms with Crippen LogP contribution in [0.2, 0.25) is 0 Å². The zero-order chi connectivity index (χ0) is 34.5. The van der Waals surface area contributed by atoms with Crippen molar-refractivity contribution in [2.24, 2.45) is 0 Å². The number of H-pyrrole nitrogens is 2. The van der Waals surface area contributed by atoms with E-state index < -0.39 is 22.4 Å².